The number of imidazole rings is 1. The lowest BCUT2D eigenvalue weighted by Gasteiger charge is -2.17. The van der Waals surface area contributed by atoms with Gasteiger partial charge < -0.3 is 14.2 Å². The number of halogens is 1. The highest BCUT2D eigenvalue weighted by molar-refractivity contribution is 9.11. The maximum atomic E-state index is 12.7. The van der Waals surface area contributed by atoms with Crippen LogP contribution >= 0.6 is 15.9 Å². The zero-order valence-electron chi connectivity index (χ0n) is 15.8. The van der Waals surface area contributed by atoms with Gasteiger partial charge in [-0.05, 0) is 29.8 Å². The minimum absolute atomic E-state index is 0.0741. The van der Waals surface area contributed by atoms with Crippen molar-refractivity contribution in [3.63, 3.8) is 0 Å². The Morgan fingerprint density at radius 3 is 2.71 bits per heavy atom. The van der Waals surface area contributed by atoms with E-state index in [4.69, 9.17) is 9.72 Å². The van der Waals surface area contributed by atoms with E-state index in [0.29, 0.717) is 26.1 Å². The molecule has 4 rings (SSSR count). The Hall–Kier alpha value is -2.60. The normalized spacial score (nSPS) is 16.7. The smallest absolute Gasteiger partial charge is 0.223 e. The van der Waals surface area contributed by atoms with Gasteiger partial charge in [0.1, 0.15) is 11.6 Å². The summed E-state index contributed by atoms with van der Waals surface area (Å²) in [4.78, 5) is 19.4. The van der Waals surface area contributed by atoms with Crippen molar-refractivity contribution in [3.8, 4) is 5.75 Å². The van der Waals surface area contributed by atoms with E-state index in [9.17, 15) is 4.79 Å². The van der Waals surface area contributed by atoms with E-state index in [1.54, 1.807) is 7.11 Å². The van der Waals surface area contributed by atoms with Crippen LogP contribution in [0.1, 0.15) is 23.7 Å². The molecule has 0 N–H and O–H groups in total. The molecule has 0 radical (unpaired) electrons. The van der Waals surface area contributed by atoms with Gasteiger partial charge in [0.05, 0.1) is 24.7 Å². The average Bonchev–Trinajstić information content (AvgIpc) is 3.23. The van der Waals surface area contributed by atoms with Gasteiger partial charge in [-0.1, -0.05) is 46.8 Å². The number of likely N-dealkylation sites (tertiary alicyclic amines) is 1. The van der Waals surface area contributed by atoms with E-state index >= 15 is 0 Å². The fourth-order valence-corrected chi connectivity index (χ4v) is 4.04. The maximum absolute atomic E-state index is 12.7. The van der Waals surface area contributed by atoms with Crippen LogP contribution in [0.25, 0.3) is 11.0 Å². The number of hydrogen-bond acceptors (Lipinski definition) is 3. The number of fused-ring (bicyclic) bond motifs is 1. The third-order valence-corrected chi connectivity index (χ3v) is 5.38. The molecule has 2 aromatic carbocycles. The first-order valence-electron chi connectivity index (χ1n) is 9.24. The number of methoxy groups -OCH3 is 1. The molecule has 0 bridgehead atoms. The van der Waals surface area contributed by atoms with Crippen LogP contribution in [0.15, 0.2) is 59.6 Å². The van der Waals surface area contributed by atoms with Gasteiger partial charge in [-0.15, -0.1) is 0 Å². The van der Waals surface area contributed by atoms with Gasteiger partial charge in [-0.25, -0.2) is 4.98 Å². The molecule has 1 atom stereocenters. The SMILES string of the molecule is C=C(Br)Cn1c(C2CC(=O)N(Cc3ccc(OC)cc3)C2)nc2ccccc21. The molecule has 1 aliphatic heterocycles. The summed E-state index contributed by atoms with van der Waals surface area (Å²) in [6.07, 6.45) is 0.480. The van der Waals surface area contributed by atoms with Crippen LogP contribution < -0.4 is 4.74 Å². The lowest BCUT2D eigenvalue weighted by molar-refractivity contribution is -0.128. The molecule has 1 saturated heterocycles. The Morgan fingerprint density at radius 1 is 1.25 bits per heavy atom. The molecule has 1 amide bonds. The molecule has 28 heavy (non-hydrogen) atoms. The van der Waals surface area contributed by atoms with Gasteiger partial charge in [0.15, 0.2) is 0 Å². The van der Waals surface area contributed by atoms with E-state index in [2.05, 4.69) is 33.1 Å². The Balaban J connectivity index is 1.58. The molecule has 2 heterocycles. The molecule has 144 valence electrons. The topological polar surface area (TPSA) is 47.4 Å². The zero-order valence-corrected chi connectivity index (χ0v) is 17.4. The molecule has 1 unspecified atom stereocenters. The summed E-state index contributed by atoms with van der Waals surface area (Å²) in [6.45, 7) is 5.89. The summed E-state index contributed by atoms with van der Waals surface area (Å²) in [5.74, 6) is 2.01. The van der Waals surface area contributed by atoms with Crippen LogP contribution in [0.3, 0.4) is 0 Å². The Morgan fingerprint density at radius 2 is 2.00 bits per heavy atom. The number of nitrogens with zero attached hydrogens (tertiary/aromatic N) is 3. The minimum Gasteiger partial charge on any atom is -0.497 e. The van der Waals surface area contributed by atoms with Crippen molar-refractivity contribution in [2.45, 2.75) is 25.4 Å². The molecular formula is C22H22BrN3O2. The maximum Gasteiger partial charge on any atom is 0.223 e. The molecule has 1 aliphatic rings. The van der Waals surface area contributed by atoms with E-state index < -0.39 is 0 Å². The predicted octanol–water partition coefficient (Wildman–Crippen LogP) is 4.47. The van der Waals surface area contributed by atoms with Gasteiger partial charge in [-0.3, -0.25) is 4.79 Å². The Kier molecular flexibility index (Phi) is 5.22. The number of allylic oxidation sites excluding steroid dienone is 1. The summed E-state index contributed by atoms with van der Waals surface area (Å²) in [6, 6.07) is 15.9. The number of benzene rings is 2. The monoisotopic (exact) mass is 439 g/mol. The third kappa shape index (κ3) is 3.69. The van der Waals surface area contributed by atoms with Crippen LogP contribution in [0.5, 0.6) is 5.75 Å². The molecule has 0 aliphatic carbocycles. The van der Waals surface area contributed by atoms with Crippen LogP contribution in [-0.4, -0.2) is 34.0 Å². The van der Waals surface area contributed by atoms with Crippen LogP contribution in [0.4, 0.5) is 0 Å². The van der Waals surface area contributed by atoms with E-state index in [1.807, 2.05) is 47.4 Å². The standard InChI is InChI=1S/C22H22BrN3O2/c1-15(23)12-26-20-6-4-3-5-19(20)24-22(26)17-11-21(27)25(14-17)13-16-7-9-18(28-2)10-8-16/h3-10,17H,1,11-14H2,2H3. The molecule has 1 fully saturated rings. The predicted molar refractivity (Wildman–Crippen MR) is 114 cm³/mol. The molecule has 0 saturated carbocycles. The average molecular weight is 440 g/mol. The number of aromatic nitrogens is 2. The number of carbonyl (C=O) groups is 1. The van der Waals surface area contributed by atoms with Gasteiger partial charge in [0, 0.05) is 29.9 Å². The van der Waals surface area contributed by atoms with Crippen molar-refractivity contribution in [2.24, 2.45) is 0 Å². The van der Waals surface area contributed by atoms with Crippen LogP contribution in [0, 0.1) is 0 Å². The highest BCUT2D eigenvalue weighted by Gasteiger charge is 2.34. The summed E-state index contributed by atoms with van der Waals surface area (Å²) >= 11 is 3.47. The van der Waals surface area contributed by atoms with Crippen molar-refractivity contribution < 1.29 is 9.53 Å². The second-order valence-corrected chi connectivity index (χ2v) is 8.21. The first-order valence-corrected chi connectivity index (χ1v) is 10.0. The first kappa shape index (κ1) is 18.7. The minimum atomic E-state index is 0.0741. The second kappa shape index (κ2) is 7.80. The lowest BCUT2D eigenvalue weighted by Crippen LogP contribution is -2.24. The fourth-order valence-electron chi connectivity index (χ4n) is 3.79. The summed E-state index contributed by atoms with van der Waals surface area (Å²) in [7, 11) is 1.65. The largest absolute Gasteiger partial charge is 0.497 e. The number of amides is 1. The Bertz CT molecular complexity index is 1030. The number of ether oxygens (including phenoxy) is 1. The molecule has 1 aromatic heterocycles. The van der Waals surface area contributed by atoms with Crippen molar-refractivity contribution in [3.05, 3.63) is 71.0 Å². The van der Waals surface area contributed by atoms with Crippen LogP contribution in [-0.2, 0) is 17.9 Å². The summed E-state index contributed by atoms with van der Waals surface area (Å²) in [5.41, 5.74) is 3.11. The van der Waals surface area contributed by atoms with Gasteiger partial charge >= 0.3 is 0 Å². The molecule has 6 heteroatoms. The van der Waals surface area contributed by atoms with Crippen molar-refractivity contribution >= 4 is 32.9 Å². The van der Waals surface area contributed by atoms with Crippen molar-refractivity contribution in [1.82, 2.24) is 14.5 Å². The third-order valence-electron chi connectivity index (χ3n) is 5.13. The number of hydrogen-bond donors (Lipinski definition) is 0. The van der Waals surface area contributed by atoms with E-state index in [0.717, 1.165) is 32.7 Å². The van der Waals surface area contributed by atoms with Gasteiger partial charge in [0.2, 0.25) is 5.91 Å². The van der Waals surface area contributed by atoms with Crippen molar-refractivity contribution in [2.75, 3.05) is 13.7 Å². The highest BCUT2D eigenvalue weighted by Crippen LogP contribution is 2.32. The first-order chi connectivity index (χ1) is 13.5. The fraction of sp³-hybridized carbons (Fsp3) is 0.273. The van der Waals surface area contributed by atoms with E-state index in [-0.39, 0.29) is 11.8 Å². The highest BCUT2D eigenvalue weighted by atomic mass is 79.9. The number of rotatable bonds is 6. The van der Waals surface area contributed by atoms with Gasteiger partial charge in [-0.2, -0.15) is 0 Å². The lowest BCUT2D eigenvalue weighted by atomic mass is 10.1. The zero-order chi connectivity index (χ0) is 19.7. The number of carbonyl (C=O) groups excluding carboxylic acids is 1. The van der Waals surface area contributed by atoms with Crippen LogP contribution in [0.2, 0.25) is 0 Å². The summed E-state index contributed by atoms with van der Waals surface area (Å²) < 4.78 is 8.26. The molecule has 3 aromatic rings. The second-order valence-electron chi connectivity index (χ2n) is 7.09. The quantitative estimate of drug-likeness (QED) is 0.569. The summed E-state index contributed by atoms with van der Waals surface area (Å²) in [5, 5.41) is 0. The molecule has 5 nitrogen and oxygen atoms in total. The van der Waals surface area contributed by atoms with Gasteiger partial charge in [0.25, 0.3) is 0 Å². The Labute approximate surface area is 172 Å². The number of para-hydroxylation sites is 2. The molecule has 0 spiro atoms. The van der Waals surface area contributed by atoms with Crippen molar-refractivity contribution in [1.29, 1.82) is 0 Å². The van der Waals surface area contributed by atoms with E-state index in [1.165, 1.54) is 0 Å². The molecular weight excluding hydrogens is 418 g/mol.